The lowest BCUT2D eigenvalue weighted by Gasteiger charge is -2.27. The molecular weight excluding hydrogens is 338 g/mol. The fourth-order valence-corrected chi connectivity index (χ4v) is 3.38. The van der Waals surface area contributed by atoms with E-state index in [0.29, 0.717) is 6.61 Å². The van der Waals surface area contributed by atoms with Crippen molar-refractivity contribution < 1.29 is 4.74 Å². The third-order valence-electron chi connectivity index (χ3n) is 4.14. The van der Waals surface area contributed by atoms with Gasteiger partial charge in [-0.1, -0.05) is 58.7 Å². The molecule has 0 radical (unpaired) electrons. The zero-order chi connectivity index (χ0) is 15.2. The number of hydrogen-bond donors (Lipinski definition) is 0. The molecule has 116 valence electrons. The molecule has 0 amide bonds. The van der Waals surface area contributed by atoms with E-state index in [2.05, 4.69) is 45.1 Å². The van der Waals surface area contributed by atoms with Gasteiger partial charge in [0.2, 0.25) is 0 Å². The van der Waals surface area contributed by atoms with Crippen LogP contribution in [0.1, 0.15) is 30.4 Å². The van der Waals surface area contributed by atoms with Crippen LogP contribution in [0.3, 0.4) is 0 Å². The van der Waals surface area contributed by atoms with E-state index in [0.717, 1.165) is 16.8 Å². The number of benzene rings is 2. The third-order valence-corrected chi connectivity index (χ3v) is 4.89. The molecule has 1 heterocycles. The maximum absolute atomic E-state index is 6.09. The largest absolute Gasteiger partial charge is 0.489 e. The molecular formula is C19H22BrNO. The topological polar surface area (TPSA) is 12.5 Å². The Balaban J connectivity index is 1.71. The summed E-state index contributed by atoms with van der Waals surface area (Å²) in [4.78, 5) is 2.53. The molecule has 2 aromatic rings. The SMILES string of the molecule is Brc1cccc(OCc2ccccc2)c1CN1CCCCC1. The maximum Gasteiger partial charge on any atom is 0.125 e. The van der Waals surface area contributed by atoms with Crippen LogP contribution < -0.4 is 4.74 Å². The molecule has 1 fully saturated rings. The normalized spacial score (nSPS) is 15.7. The predicted octanol–water partition coefficient (Wildman–Crippen LogP) is 5.01. The van der Waals surface area contributed by atoms with Gasteiger partial charge in [-0.15, -0.1) is 0 Å². The van der Waals surface area contributed by atoms with Crippen molar-refractivity contribution in [3.05, 3.63) is 64.1 Å². The highest BCUT2D eigenvalue weighted by Gasteiger charge is 2.15. The smallest absolute Gasteiger partial charge is 0.125 e. The van der Waals surface area contributed by atoms with E-state index in [-0.39, 0.29) is 0 Å². The lowest BCUT2D eigenvalue weighted by atomic mass is 10.1. The summed E-state index contributed by atoms with van der Waals surface area (Å²) < 4.78 is 7.23. The number of rotatable bonds is 5. The molecule has 0 aliphatic carbocycles. The van der Waals surface area contributed by atoms with Gasteiger partial charge in [0.15, 0.2) is 0 Å². The molecule has 2 aromatic carbocycles. The Labute approximate surface area is 141 Å². The van der Waals surface area contributed by atoms with E-state index in [1.54, 1.807) is 0 Å². The maximum atomic E-state index is 6.09. The Morgan fingerprint density at radius 1 is 0.909 bits per heavy atom. The van der Waals surface area contributed by atoms with Gasteiger partial charge in [-0.05, 0) is 43.6 Å². The lowest BCUT2D eigenvalue weighted by molar-refractivity contribution is 0.214. The average Bonchev–Trinajstić information content (AvgIpc) is 2.57. The Kier molecular flexibility index (Phi) is 5.52. The summed E-state index contributed by atoms with van der Waals surface area (Å²) in [5.74, 6) is 0.990. The minimum absolute atomic E-state index is 0.615. The van der Waals surface area contributed by atoms with E-state index >= 15 is 0 Å². The molecule has 0 saturated carbocycles. The van der Waals surface area contributed by atoms with Crippen molar-refractivity contribution in [1.29, 1.82) is 0 Å². The van der Waals surface area contributed by atoms with Crippen LogP contribution in [0.25, 0.3) is 0 Å². The summed E-state index contributed by atoms with van der Waals surface area (Å²) in [7, 11) is 0. The summed E-state index contributed by atoms with van der Waals surface area (Å²) in [5, 5.41) is 0. The Bertz CT molecular complexity index is 594. The quantitative estimate of drug-likeness (QED) is 0.743. The highest BCUT2D eigenvalue weighted by molar-refractivity contribution is 9.10. The zero-order valence-corrected chi connectivity index (χ0v) is 14.4. The first-order valence-electron chi connectivity index (χ1n) is 7.99. The Hall–Kier alpha value is -1.32. The number of halogens is 1. The van der Waals surface area contributed by atoms with Gasteiger partial charge in [0.25, 0.3) is 0 Å². The molecule has 0 unspecified atom stereocenters. The van der Waals surface area contributed by atoms with Gasteiger partial charge in [0.05, 0.1) is 0 Å². The van der Waals surface area contributed by atoms with Crippen LogP contribution >= 0.6 is 15.9 Å². The number of piperidine rings is 1. The van der Waals surface area contributed by atoms with Gasteiger partial charge in [-0.25, -0.2) is 0 Å². The van der Waals surface area contributed by atoms with E-state index in [1.807, 2.05) is 24.3 Å². The van der Waals surface area contributed by atoms with Gasteiger partial charge < -0.3 is 4.74 Å². The fraction of sp³-hybridized carbons (Fsp3) is 0.368. The molecule has 0 spiro atoms. The summed E-state index contributed by atoms with van der Waals surface area (Å²) in [6.07, 6.45) is 3.99. The van der Waals surface area contributed by atoms with Gasteiger partial charge in [0.1, 0.15) is 12.4 Å². The van der Waals surface area contributed by atoms with Crippen molar-refractivity contribution >= 4 is 15.9 Å². The van der Waals surface area contributed by atoms with Gasteiger partial charge >= 0.3 is 0 Å². The van der Waals surface area contributed by atoms with Crippen molar-refractivity contribution in [2.45, 2.75) is 32.4 Å². The second-order valence-electron chi connectivity index (χ2n) is 5.83. The summed E-state index contributed by atoms with van der Waals surface area (Å²) in [6.45, 7) is 3.97. The molecule has 3 rings (SSSR count). The van der Waals surface area contributed by atoms with Gasteiger partial charge in [-0.2, -0.15) is 0 Å². The number of hydrogen-bond acceptors (Lipinski definition) is 2. The molecule has 0 aromatic heterocycles. The van der Waals surface area contributed by atoms with Crippen LogP contribution in [0.15, 0.2) is 53.0 Å². The van der Waals surface area contributed by atoms with E-state index in [9.17, 15) is 0 Å². The molecule has 2 nitrogen and oxygen atoms in total. The highest BCUT2D eigenvalue weighted by Crippen LogP contribution is 2.29. The zero-order valence-electron chi connectivity index (χ0n) is 12.8. The van der Waals surface area contributed by atoms with E-state index in [4.69, 9.17) is 4.74 Å². The van der Waals surface area contributed by atoms with Crippen molar-refractivity contribution in [2.24, 2.45) is 0 Å². The lowest BCUT2D eigenvalue weighted by Crippen LogP contribution is -2.29. The van der Waals surface area contributed by atoms with Crippen molar-refractivity contribution in [3.63, 3.8) is 0 Å². The standard InChI is InChI=1S/C19H22BrNO/c20-18-10-7-11-19(22-15-16-8-3-1-4-9-16)17(18)14-21-12-5-2-6-13-21/h1,3-4,7-11H,2,5-6,12-15H2. The van der Waals surface area contributed by atoms with E-state index in [1.165, 1.54) is 43.5 Å². The minimum atomic E-state index is 0.615. The molecule has 22 heavy (non-hydrogen) atoms. The van der Waals surface area contributed by atoms with Crippen molar-refractivity contribution in [3.8, 4) is 5.75 Å². The minimum Gasteiger partial charge on any atom is -0.489 e. The molecule has 0 atom stereocenters. The Morgan fingerprint density at radius 2 is 1.68 bits per heavy atom. The molecule has 1 aliphatic heterocycles. The molecule has 1 saturated heterocycles. The third kappa shape index (κ3) is 4.11. The first-order valence-corrected chi connectivity index (χ1v) is 8.79. The number of likely N-dealkylation sites (tertiary alicyclic amines) is 1. The van der Waals surface area contributed by atoms with E-state index < -0.39 is 0 Å². The average molecular weight is 360 g/mol. The van der Waals surface area contributed by atoms with Crippen LogP contribution in [0.2, 0.25) is 0 Å². The van der Waals surface area contributed by atoms with Crippen LogP contribution in [0.5, 0.6) is 5.75 Å². The second-order valence-corrected chi connectivity index (χ2v) is 6.68. The van der Waals surface area contributed by atoms with Crippen LogP contribution in [-0.4, -0.2) is 18.0 Å². The number of ether oxygens (including phenoxy) is 1. The molecule has 3 heteroatoms. The summed E-state index contributed by atoms with van der Waals surface area (Å²) in [6, 6.07) is 16.6. The first-order chi connectivity index (χ1) is 10.8. The van der Waals surface area contributed by atoms with Crippen LogP contribution in [0.4, 0.5) is 0 Å². The van der Waals surface area contributed by atoms with Gasteiger partial charge in [-0.3, -0.25) is 4.90 Å². The Morgan fingerprint density at radius 3 is 2.45 bits per heavy atom. The van der Waals surface area contributed by atoms with Crippen molar-refractivity contribution in [2.75, 3.05) is 13.1 Å². The fourth-order valence-electron chi connectivity index (χ4n) is 2.90. The van der Waals surface area contributed by atoms with Crippen molar-refractivity contribution in [1.82, 2.24) is 4.90 Å². The summed E-state index contributed by atoms with van der Waals surface area (Å²) in [5.41, 5.74) is 2.46. The van der Waals surface area contributed by atoms with Gasteiger partial charge in [0, 0.05) is 16.6 Å². The first kappa shape index (κ1) is 15.6. The molecule has 1 aliphatic rings. The van der Waals surface area contributed by atoms with Crippen LogP contribution in [0, 0.1) is 0 Å². The predicted molar refractivity (Wildman–Crippen MR) is 94.0 cm³/mol. The molecule has 0 N–H and O–H groups in total. The summed E-state index contributed by atoms with van der Waals surface area (Å²) >= 11 is 3.69. The monoisotopic (exact) mass is 359 g/mol. The highest BCUT2D eigenvalue weighted by atomic mass is 79.9. The molecule has 0 bridgehead atoms. The number of nitrogens with zero attached hydrogens (tertiary/aromatic N) is 1. The second kappa shape index (κ2) is 7.80. The van der Waals surface area contributed by atoms with Crippen LogP contribution in [-0.2, 0) is 13.2 Å².